The lowest BCUT2D eigenvalue weighted by atomic mass is 9.54. The molecule has 1 aromatic rings. The molecule has 1 aliphatic heterocycles. The minimum absolute atomic E-state index is 0.616. The van der Waals surface area contributed by atoms with Crippen LogP contribution in [0.4, 0.5) is 0 Å². The third kappa shape index (κ3) is 0.824. The molecule has 2 aliphatic carbocycles. The molecule has 4 rings (SSSR count). The number of hydrogen-bond donors (Lipinski definition) is 1. The first-order valence-electron chi connectivity index (χ1n) is 5.76. The minimum Gasteiger partial charge on any atom is -0.309 e. The molecule has 2 heteroatoms. The van der Waals surface area contributed by atoms with Crippen LogP contribution in [0.3, 0.4) is 0 Å². The van der Waals surface area contributed by atoms with Crippen LogP contribution >= 0.6 is 0 Å². The molecule has 1 saturated heterocycles. The summed E-state index contributed by atoms with van der Waals surface area (Å²) in [4.78, 5) is 4.22. The van der Waals surface area contributed by atoms with Crippen molar-refractivity contribution in [3.05, 3.63) is 36.2 Å². The van der Waals surface area contributed by atoms with Crippen LogP contribution < -0.4 is 5.32 Å². The Bertz CT molecular complexity index is 433. The van der Waals surface area contributed by atoms with Crippen molar-refractivity contribution in [2.24, 2.45) is 11.3 Å². The van der Waals surface area contributed by atoms with Crippen molar-refractivity contribution < 1.29 is 0 Å². The Kier molecular flexibility index (Phi) is 1.34. The van der Waals surface area contributed by atoms with Gasteiger partial charge in [0.2, 0.25) is 0 Å². The normalized spacial score (nSPS) is 40.9. The standard InChI is InChI=1S/C13H14N2/c1-2-9(7-14-5-1)10-6-12-13(8-15-12)4-3-11(10)13/h1-2,5-7,11-12,15H,3-4,8H2. The topological polar surface area (TPSA) is 24.9 Å². The van der Waals surface area contributed by atoms with Gasteiger partial charge in [0, 0.05) is 30.4 Å². The van der Waals surface area contributed by atoms with Gasteiger partial charge in [0.15, 0.2) is 0 Å². The van der Waals surface area contributed by atoms with E-state index in [9.17, 15) is 0 Å². The highest BCUT2D eigenvalue weighted by molar-refractivity contribution is 5.73. The molecule has 15 heavy (non-hydrogen) atoms. The first kappa shape index (κ1) is 8.05. The summed E-state index contributed by atoms with van der Waals surface area (Å²) in [6.07, 6.45) is 9.08. The van der Waals surface area contributed by atoms with Crippen LogP contribution in [0, 0.1) is 11.3 Å². The fourth-order valence-electron chi connectivity index (χ4n) is 3.54. The lowest BCUT2D eigenvalue weighted by molar-refractivity contribution is -0.00906. The molecule has 3 unspecified atom stereocenters. The Morgan fingerprint density at radius 3 is 3.00 bits per heavy atom. The van der Waals surface area contributed by atoms with Crippen LogP contribution in [0.5, 0.6) is 0 Å². The molecule has 0 aromatic carbocycles. The number of allylic oxidation sites excluding steroid dienone is 1. The highest BCUT2D eigenvalue weighted by Crippen LogP contribution is 2.62. The van der Waals surface area contributed by atoms with Crippen molar-refractivity contribution in [2.75, 3.05) is 6.54 Å². The Labute approximate surface area is 89.4 Å². The van der Waals surface area contributed by atoms with Gasteiger partial charge in [-0.1, -0.05) is 12.1 Å². The van der Waals surface area contributed by atoms with Crippen molar-refractivity contribution in [1.29, 1.82) is 0 Å². The summed E-state index contributed by atoms with van der Waals surface area (Å²) in [5.74, 6) is 0.813. The van der Waals surface area contributed by atoms with E-state index in [0.717, 1.165) is 5.92 Å². The third-order valence-electron chi connectivity index (χ3n) is 4.58. The zero-order valence-electron chi connectivity index (χ0n) is 8.61. The van der Waals surface area contributed by atoms with Gasteiger partial charge in [-0.3, -0.25) is 4.98 Å². The van der Waals surface area contributed by atoms with E-state index in [2.05, 4.69) is 22.4 Å². The van der Waals surface area contributed by atoms with E-state index in [1.54, 1.807) is 5.57 Å². The molecule has 3 atom stereocenters. The maximum atomic E-state index is 4.22. The highest BCUT2D eigenvalue weighted by atomic mass is 15.1. The van der Waals surface area contributed by atoms with Crippen molar-refractivity contribution in [1.82, 2.24) is 10.3 Å². The van der Waals surface area contributed by atoms with E-state index in [0.29, 0.717) is 11.5 Å². The maximum Gasteiger partial charge on any atom is 0.0343 e. The lowest BCUT2D eigenvalue weighted by Crippen LogP contribution is -2.66. The summed E-state index contributed by atoms with van der Waals surface area (Å²) in [7, 11) is 0. The zero-order chi connectivity index (χ0) is 9.88. The second kappa shape index (κ2) is 2.50. The summed E-state index contributed by atoms with van der Waals surface area (Å²) >= 11 is 0. The molecular formula is C13H14N2. The van der Waals surface area contributed by atoms with E-state index in [1.165, 1.54) is 24.9 Å². The fraction of sp³-hybridized carbons (Fsp3) is 0.462. The van der Waals surface area contributed by atoms with Crippen LogP contribution in [0.1, 0.15) is 18.4 Å². The van der Waals surface area contributed by atoms with Gasteiger partial charge in [-0.15, -0.1) is 0 Å². The van der Waals surface area contributed by atoms with Crippen LogP contribution in [0.2, 0.25) is 0 Å². The molecule has 2 fully saturated rings. The summed E-state index contributed by atoms with van der Waals surface area (Å²) in [6, 6.07) is 4.89. The zero-order valence-corrected chi connectivity index (χ0v) is 8.61. The van der Waals surface area contributed by atoms with Crippen LogP contribution in [0.15, 0.2) is 30.6 Å². The lowest BCUT2D eigenvalue weighted by Gasteiger charge is -2.57. The van der Waals surface area contributed by atoms with Crippen LogP contribution in [-0.4, -0.2) is 17.6 Å². The molecule has 2 nitrogen and oxygen atoms in total. The number of pyridine rings is 1. The molecule has 76 valence electrons. The molecule has 1 aromatic heterocycles. The summed E-state index contributed by atoms with van der Waals surface area (Å²) < 4.78 is 0. The predicted molar refractivity (Wildman–Crippen MR) is 59.2 cm³/mol. The van der Waals surface area contributed by atoms with Crippen LogP contribution in [-0.2, 0) is 0 Å². The predicted octanol–water partition coefficient (Wildman–Crippen LogP) is 1.85. The molecule has 1 spiro atoms. The van der Waals surface area contributed by atoms with Crippen molar-refractivity contribution in [2.45, 2.75) is 18.9 Å². The fourth-order valence-corrected chi connectivity index (χ4v) is 3.54. The molecule has 2 heterocycles. The Morgan fingerprint density at radius 2 is 2.47 bits per heavy atom. The Hall–Kier alpha value is -1.15. The van der Waals surface area contributed by atoms with E-state index in [-0.39, 0.29) is 0 Å². The molecule has 1 saturated carbocycles. The van der Waals surface area contributed by atoms with Gasteiger partial charge < -0.3 is 5.32 Å². The number of aromatic nitrogens is 1. The van der Waals surface area contributed by atoms with Gasteiger partial charge in [-0.25, -0.2) is 0 Å². The number of nitrogens with zero attached hydrogens (tertiary/aromatic N) is 1. The molecule has 0 radical (unpaired) electrons. The highest BCUT2D eigenvalue weighted by Gasteiger charge is 2.61. The monoisotopic (exact) mass is 198 g/mol. The number of hydrogen-bond acceptors (Lipinski definition) is 2. The van der Waals surface area contributed by atoms with Gasteiger partial charge in [0.05, 0.1) is 0 Å². The molecule has 0 bridgehead atoms. The third-order valence-corrected chi connectivity index (χ3v) is 4.58. The Balaban J connectivity index is 1.77. The second-order valence-corrected chi connectivity index (χ2v) is 5.05. The van der Waals surface area contributed by atoms with Crippen molar-refractivity contribution in [3.8, 4) is 0 Å². The van der Waals surface area contributed by atoms with Crippen LogP contribution in [0.25, 0.3) is 5.57 Å². The number of rotatable bonds is 1. The Morgan fingerprint density at radius 1 is 1.47 bits per heavy atom. The molecule has 0 amide bonds. The van der Waals surface area contributed by atoms with Gasteiger partial charge in [0.25, 0.3) is 0 Å². The smallest absolute Gasteiger partial charge is 0.0343 e. The summed E-state index contributed by atoms with van der Waals surface area (Å²) in [6.45, 7) is 1.22. The van der Waals surface area contributed by atoms with E-state index >= 15 is 0 Å². The van der Waals surface area contributed by atoms with Gasteiger partial charge in [-0.05, 0) is 36.0 Å². The van der Waals surface area contributed by atoms with E-state index < -0.39 is 0 Å². The quantitative estimate of drug-likeness (QED) is 0.745. The van der Waals surface area contributed by atoms with E-state index in [1.807, 2.05) is 18.5 Å². The summed E-state index contributed by atoms with van der Waals surface area (Å²) in [5.41, 5.74) is 3.49. The SMILES string of the molecule is C1=C(c2cccnc2)C2CCC23CNC13. The summed E-state index contributed by atoms with van der Waals surface area (Å²) in [5, 5.41) is 3.53. The number of nitrogens with one attached hydrogen (secondary N) is 1. The second-order valence-electron chi connectivity index (χ2n) is 5.05. The van der Waals surface area contributed by atoms with Gasteiger partial charge in [0.1, 0.15) is 0 Å². The van der Waals surface area contributed by atoms with E-state index in [4.69, 9.17) is 0 Å². The molecule has 3 aliphatic rings. The van der Waals surface area contributed by atoms with Crippen molar-refractivity contribution >= 4 is 5.57 Å². The first-order chi connectivity index (χ1) is 7.40. The average Bonchev–Trinajstić information content (AvgIpc) is 2.35. The van der Waals surface area contributed by atoms with Gasteiger partial charge in [-0.2, -0.15) is 0 Å². The van der Waals surface area contributed by atoms with Crippen molar-refractivity contribution in [3.63, 3.8) is 0 Å². The molecular weight excluding hydrogens is 184 g/mol. The molecule has 1 N–H and O–H groups in total. The maximum absolute atomic E-state index is 4.22. The largest absolute Gasteiger partial charge is 0.309 e. The first-order valence-corrected chi connectivity index (χ1v) is 5.76. The minimum atomic E-state index is 0.616. The average molecular weight is 198 g/mol. The van der Waals surface area contributed by atoms with Gasteiger partial charge >= 0.3 is 0 Å².